The van der Waals surface area contributed by atoms with Crippen LogP contribution in [0.4, 0.5) is 0 Å². The number of aromatic carboxylic acids is 1. The first-order valence-electron chi connectivity index (χ1n) is 8.95. The Hall–Kier alpha value is -3.13. The summed E-state index contributed by atoms with van der Waals surface area (Å²) in [4.78, 5) is 27.6. The van der Waals surface area contributed by atoms with Crippen molar-refractivity contribution in [3.8, 4) is 11.6 Å². The molecule has 2 N–H and O–H groups in total. The van der Waals surface area contributed by atoms with E-state index in [1.807, 2.05) is 0 Å². The lowest BCUT2D eigenvalue weighted by atomic mass is 10.1. The maximum absolute atomic E-state index is 12.4. The van der Waals surface area contributed by atoms with Gasteiger partial charge in [-0.2, -0.15) is 0 Å². The Labute approximate surface area is 162 Å². The molecule has 28 heavy (non-hydrogen) atoms. The summed E-state index contributed by atoms with van der Waals surface area (Å²) in [7, 11) is 1.48. The number of rotatable bonds is 8. The lowest BCUT2D eigenvalue weighted by molar-refractivity contribution is 0.0696. The quantitative estimate of drug-likeness (QED) is 0.714. The fraction of sp³-hybridized carbons (Fsp3) is 0.350. The molecule has 1 atom stereocenters. The summed E-state index contributed by atoms with van der Waals surface area (Å²) in [5.74, 6) is -0.379. The number of hydrogen-bond donors (Lipinski definition) is 2. The number of nitrogens with zero attached hydrogens (tertiary/aromatic N) is 1. The monoisotopic (exact) mass is 386 g/mol. The van der Waals surface area contributed by atoms with Gasteiger partial charge in [0.2, 0.25) is 5.88 Å². The second-order valence-corrected chi connectivity index (χ2v) is 6.32. The zero-order valence-electron chi connectivity index (χ0n) is 15.5. The summed E-state index contributed by atoms with van der Waals surface area (Å²) in [5.41, 5.74) is 1.42. The normalized spacial score (nSPS) is 15.8. The molecule has 1 aliphatic rings. The van der Waals surface area contributed by atoms with Gasteiger partial charge in [0.05, 0.1) is 25.9 Å². The van der Waals surface area contributed by atoms with Crippen LogP contribution in [0.3, 0.4) is 0 Å². The van der Waals surface area contributed by atoms with E-state index in [1.54, 1.807) is 18.2 Å². The second kappa shape index (κ2) is 9.18. The third-order valence-electron chi connectivity index (χ3n) is 4.39. The van der Waals surface area contributed by atoms with Crippen LogP contribution in [-0.2, 0) is 11.2 Å². The van der Waals surface area contributed by atoms with Crippen molar-refractivity contribution in [3.63, 3.8) is 0 Å². The summed E-state index contributed by atoms with van der Waals surface area (Å²) in [5, 5.41) is 11.9. The number of hydrogen-bond acceptors (Lipinski definition) is 6. The van der Waals surface area contributed by atoms with Crippen molar-refractivity contribution in [2.75, 3.05) is 26.9 Å². The molecule has 1 saturated heterocycles. The number of carboxylic acids is 1. The zero-order valence-corrected chi connectivity index (χ0v) is 15.5. The van der Waals surface area contributed by atoms with E-state index in [4.69, 9.17) is 19.3 Å². The molecule has 0 saturated carbocycles. The molecule has 1 aromatic heterocycles. The van der Waals surface area contributed by atoms with Crippen molar-refractivity contribution in [2.24, 2.45) is 0 Å². The van der Waals surface area contributed by atoms with Gasteiger partial charge < -0.3 is 24.6 Å². The maximum atomic E-state index is 12.4. The lowest BCUT2D eigenvalue weighted by Crippen LogP contribution is -2.26. The average molecular weight is 386 g/mol. The van der Waals surface area contributed by atoms with Gasteiger partial charge in [0.1, 0.15) is 11.9 Å². The predicted molar refractivity (Wildman–Crippen MR) is 100 cm³/mol. The number of carbonyl (C=O) groups is 2. The molecule has 0 spiro atoms. The predicted octanol–water partition coefficient (Wildman–Crippen LogP) is 1.93. The van der Waals surface area contributed by atoms with Gasteiger partial charge in [-0.15, -0.1) is 0 Å². The van der Waals surface area contributed by atoms with Gasteiger partial charge in [0.25, 0.3) is 5.91 Å². The topological polar surface area (TPSA) is 107 Å². The Morgan fingerprint density at radius 2 is 2.14 bits per heavy atom. The molecular formula is C20H22N2O6. The van der Waals surface area contributed by atoms with Crippen LogP contribution in [0, 0.1) is 0 Å². The minimum Gasteiger partial charge on any atom is -0.496 e. The first kappa shape index (κ1) is 19.6. The highest BCUT2D eigenvalue weighted by Gasteiger charge is 2.18. The molecule has 8 heteroatoms. The van der Waals surface area contributed by atoms with Crippen LogP contribution in [0.2, 0.25) is 0 Å². The molecule has 3 rings (SSSR count). The van der Waals surface area contributed by atoms with Crippen molar-refractivity contribution in [2.45, 2.75) is 18.9 Å². The van der Waals surface area contributed by atoms with E-state index in [0.29, 0.717) is 43.4 Å². The summed E-state index contributed by atoms with van der Waals surface area (Å²) in [6.45, 7) is 1.57. The molecule has 1 aromatic carbocycles. The average Bonchev–Trinajstić information content (AvgIpc) is 3.21. The van der Waals surface area contributed by atoms with E-state index in [9.17, 15) is 9.59 Å². The first-order valence-corrected chi connectivity index (χ1v) is 8.95. The van der Waals surface area contributed by atoms with E-state index in [1.165, 1.54) is 25.4 Å². The molecule has 8 nitrogen and oxygen atoms in total. The fourth-order valence-corrected chi connectivity index (χ4v) is 2.89. The van der Waals surface area contributed by atoms with E-state index < -0.39 is 5.97 Å². The standard InChI is InChI=1S/C20H22N2O6/c1-26-17-10-15(20(24)25)3-2-13(17)4-8-22-19(23)14-5-7-21-18(11-14)28-16-6-9-27-12-16/h2-3,5,7,10-11,16H,4,6,8-9,12H2,1H3,(H,22,23)(H,24,25). The van der Waals surface area contributed by atoms with Gasteiger partial charge in [-0.25, -0.2) is 9.78 Å². The number of pyridine rings is 1. The number of ether oxygens (including phenoxy) is 3. The highest BCUT2D eigenvalue weighted by atomic mass is 16.5. The van der Waals surface area contributed by atoms with Crippen LogP contribution in [0.25, 0.3) is 0 Å². The molecular weight excluding hydrogens is 364 g/mol. The van der Waals surface area contributed by atoms with Crippen molar-refractivity contribution in [3.05, 3.63) is 53.2 Å². The number of amides is 1. The van der Waals surface area contributed by atoms with Crippen LogP contribution in [-0.4, -0.2) is 54.9 Å². The Kier molecular flexibility index (Phi) is 6.44. The molecule has 0 bridgehead atoms. The maximum Gasteiger partial charge on any atom is 0.335 e. The van der Waals surface area contributed by atoms with Gasteiger partial charge in [0.15, 0.2) is 0 Å². The molecule has 0 aliphatic carbocycles. The second-order valence-electron chi connectivity index (χ2n) is 6.32. The van der Waals surface area contributed by atoms with Crippen LogP contribution in [0.1, 0.15) is 32.7 Å². The van der Waals surface area contributed by atoms with Crippen LogP contribution < -0.4 is 14.8 Å². The fourth-order valence-electron chi connectivity index (χ4n) is 2.89. The highest BCUT2D eigenvalue weighted by molar-refractivity contribution is 5.94. The van der Waals surface area contributed by atoms with Gasteiger partial charge >= 0.3 is 5.97 Å². The van der Waals surface area contributed by atoms with E-state index in [0.717, 1.165) is 12.0 Å². The SMILES string of the molecule is COc1cc(C(=O)O)ccc1CCNC(=O)c1ccnc(OC2CCOC2)c1. The minimum atomic E-state index is -1.02. The number of nitrogens with one attached hydrogen (secondary N) is 1. The van der Waals surface area contributed by atoms with Gasteiger partial charge in [-0.05, 0) is 30.2 Å². The van der Waals surface area contributed by atoms with Crippen molar-refractivity contribution >= 4 is 11.9 Å². The molecule has 2 heterocycles. The molecule has 1 unspecified atom stereocenters. The van der Waals surface area contributed by atoms with Crippen LogP contribution in [0.15, 0.2) is 36.5 Å². The third-order valence-corrected chi connectivity index (χ3v) is 4.39. The molecule has 1 amide bonds. The van der Waals surface area contributed by atoms with E-state index in [2.05, 4.69) is 10.3 Å². The van der Waals surface area contributed by atoms with Crippen LogP contribution >= 0.6 is 0 Å². The first-order chi connectivity index (χ1) is 13.6. The number of carbonyl (C=O) groups excluding carboxylic acids is 1. The van der Waals surface area contributed by atoms with Crippen molar-refractivity contribution in [1.82, 2.24) is 10.3 Å². The smallest absolute Gasteiger partial charge is 0.335 e. The minimum absolute atomic E-state index is 0.0351. The van der Waals surface area contributed by atoms with Crippen molar-refractivity contribution in [1.29, 1.82) is 0 Å². The lowest BCUT2D eigenvalue weighted by Gasteiger charge is -2.12. The van der Waals surface area contributed by atoms with Gasteiger partial charge in [-0.1, -0.05) is 6.07 Å². The Morgan fingerprint density at radius 1 is 1.29 bits per heavy atom. The number of benzene rings is 1. The summed E-state index contributed by atoms with van der Waals surface area (Å²) < 4.78 is 16.2. The largest absolute Gasteiger partial charge is 0.496 e. The van der Waals surface area contributed by atoms with E-state index in [-0.39, 0.29) is 17.6 Å². The molecule has 148 valence electrons. The Bertz CT molecular complexity index is 848. The Balaban J connectivity index is 1.56. The summed E-state index contributed by atoms with van der Waals surface area (Å²) >= 11 is 0. The van der Waals surface area contributed by atoms with Gasteiger partial charge in [-0.3, -0.25) is 4.79 Å². The summed E-state index contributed by atoms with van der Waals surface area (Å²) in [6, 6.07) is 7.90. The van der Waals surface area contributed by atoms with Crippen molar-refractivity contribution < 1.29 is 28.9 Å². The summed E-state index contributed by atoms with van der Waals surface area (Å²) in [6.07, 6.45) is 2.81. The molecule has 1 aliphatic heterocycles. The van der Waals surface area contributed by atoms with Gasteiger partial charge in [0, 0.05) is 30.8 Å². The zero-order chi connectivity index (χ0) is 19.9. The van der Waals surface area contributed by atoms with Crippen LogP contribution in [0.5, 0.6) is 11.6 Å². The third kappa shape index (κ3) is 4.98. The molecule has 1 fully saturated rings. The molecule has 0 radical (unpaired) electrons. The number of aromatic nitrogens is 1. The highest BCUT2D eigenvalue weighted by Crippen LogP contribution is 2.21. The number of carboxylic acid groups (broad SMARTS) is 1. The molecule has 2 aromatic rings. The number of methoxy groups -OCH3 is 1. The Morgan fingerprint density at radius 3 is 2.86 bits per heavy atom. The van der Waals surface area contributed by atoms with E-state index >= 15 is 0 Å².